The van der Waals surface area contributed by atoms with Gasteiger partial charge in [-0.3, -0.25) is 4.79 Å². The molecular formula is C12H15N3O4. The number of nitrogen functional groups attached to an aromatic ring is 1. The van der Waals surface area contributed by atoms with Gasteiger partial charge in [-0.2, -0.15) is 0 Å². The Bertz CT molecular complexity index is 492. The molecule has 102 valence electrons. The molecule has 2 rings (SSSR count). The number of hydrogen-bond donors (Lipinski definition) is 4. The van der Waals surface area contributed by atoms with E-state index in [1.807, 2.05) is 0 Å². The number of rotatable bonds is 3. The number of para-hydroxylation sites is 2. The van der Waals surface area contributed by atoms with Gasteiger partial charge in [0.2, 0.25) is 0 Å². The first kappa shape index (κ1) is 13.2. The molecule has 1 aliphatic heterocycles. The fraction of sp³-hybridized carbons (Fsp3) is 0.333. The first-order valence-electron chi connectivity index (χ1n) is 5.80. The zero-order valence-corrected chi connectivity index (χ0v) is 10.1. The van der Waals surface area contributed by atoms with E-state index in [1.165, 1.54) is 0 Å². The van der Waals surface area contributed by atoms with E-state index in [4.69, 9.17) is 15.6 Å². The summed E-state index contributed by atoms with van der Waals surface area (Å²) < 4.78 is 5.06. The zero-order valence-electron chi connectivity index (χ0n) is 10.1. The monoisotopic (exact) mass is 265 g/mol. The molecule has 2 atom stereocenters. The normalized spacial score (nSPS) is 21.9. The molecule has 0 radical (unpaired) electrons. The molecule has 0 aromatic heterocycles. The van der Waals surface area contributed by atoms with E-state index in [0.717, 1.165) is 0 Å². The molecule has 1 aliphatic rings. The molecule has 0 spiro atoms. The number of anilines is 2. The lowest BCUT2D eigenvalue weighted by molar-refractivity contribution is -0.142. The molecule has 1 aromatic carbocycles. The van der Waals surface area contributed by atoms with Gasteiger partial charge in [0.25, 0.3) is 0 Å². The second kappa shape index (κ2) is 5.57. The van der Waals surface area contributed by atoms with Gasteiger partial charge in [0.05, 0.1) is 30.6 Å². The summed E-state index contributed by atoms with van der Waals surface area (Å²) in [7, 11) is 0. The van der Waals surface area contributed by atoms with Crippen molar-refractivity contribution in [2.75, 3.05) is 24.3 Å². The lowest BCUT2D eigenvalue weighted by atomic mass is 10.0. The molecule has 7 heteroatoms. The van der Waals surface area contributed by atoms with Crippen LogP contribution in [0.3, 0.4) is 0 Å². The first-order valence-corrected chi connectivity index (χ1v) is 5.80. The number of carboxylic acid groups (broad SMARTS) is 1. The van der Waals surface area contributed by atoms with E-state index in [0.29, 0.717) is 11.4 Å². The fourth-order valence-corrected chi connectivity index (χ4v) is 1.88. The Labute approximate surface area is 109 Å². The number of carbonyl (C=O) groups excluding carboxylic acids is 1. The topological polar surface area (TPSA) is 114 Å². The summed E-state index contributed by atoms with van der Waals surface area (Å²) in [5.41, 5.74) is 6.61. The number of benzene rings is 1. The average Bonchev–Trinajstić information content (AvgIpc) is 2.80. The van der Waals surface area contributed by atoms with Crippen LogP contribution in [0.4, 0.5) is 16.2 Å². The molecule has 1 saturated heterocycles. The molecule has 5 N–H and O–H groups in total. The molecule has 1 aromatic rings. The van der Waals surface area contributed by atoms with E-state index in [-0.39, 0.29) is 13.2 Å². The number of aliphatic carboxylic acids is 1. The highest BCUT2D eigenvalue weighted by Gasteiger charge is 2.35. The second-order valence-electron chi connectivity index (χ2n) is 4.27. The van der Waals surface area contributed by atoms with Gasteiger partial charge in [-0.25, -0.2) is 4.79 Å². The Morgan fingerprint density at radius 1 is 1.32 bits per heavy atom. The van der Waals surface area contributed by atoms with Crippen LogP contribution in [0.1, 0.15) is 0 Å². The van der Waals surface area contributed by atoms with E-state index < -0.39 is 24.0 Å². The number of nitrogens with two attached hydrogens (primary N) is 1. The summed E-state index contributed by atoms with van der Waals surface area (Å²) >= 11 is 0. The summed E-state index contributed by atoms with van der Waals surface area (Å²) in [5.74, 6) is -1.71. The van der Waals surface area contributed by atoms with Crippen molar-refractivity contribution in [2.45, 2.75) is 6.04 Å². The number of nitrogens with one attached hydrogen (secondary N) is 2. The van der Waals surface area contributed by atoms with Crippen LogP contribution in [0.5, 0.6) is 0 Å². The van der Waals surface area contributed by atoms with Gasteiger partial charge in [0.1, 0.15) is 5.92 Å². The second-order valence-corrected chi connectivity index (χ2v) is 4.27. The van der Waals surface area contributed by atoms with Crippen LogP contribution in [0, 0.1) is 5.92 Å². The van der Waals surface area contributed by atoms with E-state index in [1.54, 1.807) is 24.3 Å². The van der Waals surface area contributed by atoms with Gasteiger partial charge in [0.15, 0.2) is 0 Å². The number of ether oxygens (including phenoxy) is 1. The van der Waals surface area contributed by atoms with E-state index in [9.17, 15) is 9.59 Å². The minimum atomic E-state index is -0.984. The van der Waals surface area contributed by atoms with Crippen molar-refractivity contribution in [3.05, 3.63) is 24.3 Å². The van der Waals surface area contributed by atoms with Crippen LogP contribution in [-0.2, 0) is 9.53 Å². The molecular weight excluding hydrogens is 250 g/mol. The van der Waals surface area contributed by atoms with Crippen molar-refractivity contribution in [3.8, 4) is 0 Å². The van der Waals surface area contributed by atoms with Crippen molar-refractivity contribution in [3.63, 3.8) is 0 Å². The highest BCUT2D eigenvalue weighted by atomic mass is 16.5. The van der Waals surface area contributed by atoms with Gasteiger partial charge in [-0.05, 0) is 12.1 Å². The number of amides is 2. The maximum atomic E-state index is 11.8. The Hall–Kier alpha value is -2.28. The molecule has 2 amide bonds. The summed E-state index contributed by atoms with van der Waals surface area (Å²) in [6.07, 6.45) is 0. The van der Waals surface area contributed by atoms with E-state index >= 15 is 0 Å². The Kier molecular flexibility index (Phi) is 3.86. The predicted octanol–water partition coefficient (Wildman–Crippen LogP) is 0.490. The molecule has 1 fully saturated rings. The summed E-state index contributed by atoms with van der Waals surface area (Å²) in [6, 6.07) is 5.78. The number of carboxylic acids is 1. The predicted molar refractivity (Wildman–Crippen MR) is 68.7 cm³/mol. The van der Waals surface area contributed by atoms with Gasteiger partial charge in [-0.15, -0.1) is 0 Å². The lowest BCUT2D eigenvalue weighted by Crippen LogP contribution is -2.44. The molecule has 7 nitrogen and oxygen atoms in total. The maximum absolute atomic E-state index is 11.8. The maximum Gasteiger partial charge on any atom is 0.319 e. The first-order chi connectivity index (χ1) is 9.08. The number of urea groups is 1. The van der Waals surface area contributed by atoms with Crippen LogP contribution in [-0.4, -0.2) is 36.4 Å². The summed E-state index contributed by atoms with van der Waals surface area (Å²) in [4.78, 5) is 22.7. The molecule has 0 aliphatic carbocycles. The largest absolute Gasteiger partial charge is 0.481 e. The van der Waals surface area contributed by atoms with E-state index in [2.05, 4.69) is 10.6 Å². The van der Waals surface area contributed by atoms with Crippen LogP contribution in [0.25, 0.3) is 0 Å². The average molecular weight is 265 g/mol. The van der Waals surface area contributed by atoms with Gasteiger partial charge in [-0.1, -0.05) is 12.1 Å². The third-order valence-corrected chi connectivity index (χ3v) is 2.92. The highest BCUT2D eigenvalue weighted by Crippen LogP contribution is 2.17. The highest BCUT2D eigenvalue weighted by molar-refractivity contribution is 5.93. The van der Waals surface area contributed by atoms with Crippen LogP contribution in [0.2, 0.25) is 0 Å². The number of carbonyl (C=O) groups is 2. The third-order valence-electron chi connectivity index (χ3n) is 2.92. The van der Waals surface area contributed by atoms with Crippen molar-refractivity contribution in [1.29, 1.82) is 0 Å². The van der Waals surface area contributed by atoms with Gasteiger partial charge in [0, 0.05) is 0 Å². The molecule has 19 heavy (non-hydrogen) atoms. The zero-order chi connectivity index (χ0) is 13.8. The van der Waals surface area contributed by atoms with Crippen molar-refractivity contribution in [2.24, 2.45) is 5.92 Å². The molecule has 0 bridgehead atoms. The summed E-state index contributed by atoms with van der Waals surface area (Å²) in [5, 5.41) is 14.1. The fourth-order valence-electron chi connectivity index (χ4n) is 1.88. The minimum Gasteiger partial charge on any atom is -0.481 e. The van der Waals surface area contributed by atoms with Gasteiger partial charge < -0.3 is 26.2 Å². The Morgan fingerprint density at radius 2 is 2.05 bits per heavy atom. The van der Waals surface area contributed by atoms with Gasteiger partial charge >= 0.3 is 12.0 Å². The SMILES string of the molecule is Nc1ccccc1NC(=O)NC1COCC1C(=O)O. The van der Waals surface area contributed by atoms with Crippen LogP contribution < -0.4 is 16.4 Å². The van der Waals surface area contributed by atoms with Crippen molar-refractivity contribution >= 4 is 23.4 Å². The van der Waals surface area contributed by atoms with Crippen molar-refractivity contribution in [1.82, 2.24) is 5.32 Å². The molecule has 2 unspecified atom stereocenters. The lowest BCUT2D eigenvalue weighted by Gasteiger charge is -2.16. The quantitative estimate of drug-likeness (QED) is 0.594. The molecule has 0 saturated carbocycles. The van der Waals surface area contributed by atoms with Crippen LogP contribution >= 0.6 is 0 Å². The third kappa shape index (κ3) is 3.14. The summed E-state index contributed by atoms with van der Waals surface area (Å²) in [6.45, 7) is 0.294. The Morgan fingerprint density at radius 3 is 2.74 bits per heavy atom. The van der Waals surface area contributed by atoms with Crippen molar-refractivity contribution < 1.29 is 19.4 Å². The van der Waals surface area contributed by atoms with Crippen LogP contribution in [0.15, 0.2) is 24.3 Å². The minimum absolute atomic E-state index is 0.105. The smallest absolute Gasteiger partial charge is 0.319 e. The molecule has 1 heterocycles. The standard InChI is InChI=1S/C12H15N3O4/c13-8-3-1-2-4-9(8)14-12(18)15-10-6-19-5-7(10)11(16)17/h1-4,7,10H,5-6,13H2,(H,16,17)(H2,14,15,18). The number of hydrogen-bond acceptors (Lipinski definition) is 4. The Balaban J connectivity index is 1.95.